The molecular formula is C60H107NO18. The molecule has 3 aliphatic heterocycles. The molecule has 0 spiro atoms. The van der Waals surface area contributed by atoms with Gasteiger partial charge in [0.25, 0.3) is 0 Å². The Morgan fingerprint density at radius 1 is 0.443 bits per heavy atom. The molecule has 3 saturated heterocycles. The summed E-state index contributed by atoms with van der Waals surface area (Å²) in [6.45, 7) is 1.67. The fraction of sp³-hybridized carbons (Fsp3) is 0.850. The van der Waals surface area contributed by atoms with E-state index >= 15 is 0 Å². The van der Waals surface area contributed by atoms with Gasteiger partial charge in [-0.25, -0.2) is 0 Å². The van der Waals surface area contributed by atoms with Crippen molar-refractivity contribution in [1.29, 1.82) is 0 Å². The molecule has 19 nitrogen and oxygen atoms in total. The first-order chi connectivity index (χ1) is 38.3. The Balaban J connectivity index is 1.52. The molecule has 12 N–H and O–H groups in total. The van der Waals surface area contributed by atoms with Crippen LogP contribution in [0, 0.1) is 0 Å². The van der Waals surface area contributed by atoms with Gasteiger partial charge in [0.2, 0.25) is 5.91 Å². The van der Waals surface area contributed by atoms with Crippen LogP contribution in [0.4, 0.5) is 0 Å². The van der Waals surface area contributed by atoms with Crippen molar-refractivity contribution in [1.82, 2.24) is 5.32 Å². The zero-order chi connectivity index (χ0) is 57.6. The summed E-state index contributed by atoms with van der Waals surface area (Å²) >= 11 is 0. The molecule has 0 aromatic carbocycles. The van der Waals surface area contributed by atoms with Crippen LogP contribution >= 0.6 is 0 Å². The number of ether oxygens (including phenoxy) is 6. The van der Waals surface area contributed by atoms with E-state index in [-0.39, 0.29) is 18.9 Å². The number of carbonyl (C=O) groups excluding carboxylic acids is 1. The average molecular weight is 1130 g/mol. The minimum atomic E-state index is -1.98. The number of hydrogen-bond acceptors (Lipinski definition) is 18. The summed E-state index contributed by atoms with van der Waals surface area (Å²) in [5.74, 6) is -0.296. The molecule has 0 aromatic rings. The highest BCUT2D eigenvalue weighted by Crippen LogP contribution is 2.33. The Morgan fingerprint density at radius 2 is 0.810 bits per heavy atom. The number of nitrogens with one attached hydrogen (secondary N) is 1. The lowest BCUT2D eigenvalue weighted by atomic mass is 9.96. The first kappa shape index (κ1) is 71.0. The Kier molecular flexibility index (Phi) is 39.0. The molecule has 460 valence electrons. The third kappa shape index (κ3) is 27.3. The largest absolute Gasteiger partial charge is 0.394 e. The highest BCUT2D eigenvalue weighted by molar-refractivity contribution is 5.76. The molecule has 17 atom stereocenters. The van der Waals surface area contributed by atoms with Crippen LogP contribution < -0.4 is 5.32 Å². The predicted octanol–water partition coefficient (Wildman–Crippen LogP) is 5.48. The van der Waals surface area contributed by atoms with Crippen molar-refractivity contribution in [3.05, 3.63) is 48.6 Å². The van der Waals surface area contributed by atoms with Crippen LogP contribution in [0.15, 0.2) is 48.6 Å². The molecule has 0 aliphatic carbocycles. The van der Waals surface area contributed by atoms with Crippen molar-refractivity contribution in [2.45, 2.75) is 298 Å². The molecule has 3 aliphatic rings. The Bertz CT molecular complexity index is 1630. The predicted molar refractivity (Wildman–Crippen MR) is 300 cm³/mol. The van der Waals surface area contributed by atoms with Gasteiger partial charge in [-0.05, 0) is 70.6 Å². The van der Waals surface area contributed by atoms with Gasteiger partial charge >= 0.3 is 0 Å². The first-order valence-corrected chi connectivity index (χ1v) is 30.4. The smallest absolute Gasteiger partial charge is 0.220 e. The second-order valence-electron chi connectivity index (χ2n) is 21.8. The highest BCUT2D eigenvalue weighted by atomic mass is 16.8. The number of hydrogen-bond donors (Lipinski definition) is 12. The van der Waals surface area contributed by atoms with Crippen molar-refractivity contribution in [3.63, 3.8) is 0 Å². The summed E-state index contributed by atoms with van der Waals surface area (Å²) in [5, 5.41) is 120. The number of allylic oxidation sites excluding steroid dienone is 7. The van der Waals surface area contributed by atoms with Crippen LogP contribution in [0.5, 0.6) is 0 Å². The van der Waals surface area contributed by atoms with Crippen LogP contribution in [0.25, 0.3) is 0 Å². The number of amides is 1. The third-order valence-corrected chi connectivity index (χ3v) is 15.1. The Hall–Kier alpha value is -2.25. The van der Waals surface area contributed by atoms with Crippen molar-refractivity contribution in [3.8, 4) is 0 Å². The SMILES string of the molecule is CCCCCCCC/C=C/CC/C=C/CC/C=C/C(O)C(COC1OC(CO)C(OC2OC(CO)C(OC3OC(CO)C(O)C(O)C3O)C(O)C2O)C(O)C1O)NC(=O)CCCCCCCCC/C=C\CCCCCCCCC. The maximum atomic E-state index is 13.3. The molecule has 0 radical (unpaired) electrons. The minimum Gasteiger partial charge on any atom is -0.394 e. The number of carbonyl (C=O) groups is 1. The molecule has 79 heavy (non-hydrogen) atoms. The molecule has 3 fully saturated rings. The zero-order valence-electron chi connectivity index (χ0n) is 47.8. The third-order valence-electron chi connectivity index (χ3n) is 15.1. The summed E-state index contributed by atoms with van der Waals surface area (Å²) in [6, 6.07) is -0.998. The van der Waals surface area contributed by atoms with Gasteiger partial charge < -0.3 is 89.9 Å². The minimum absolute atomic E-state index is 0.226. The van der Waals surface area contributed by atoms with Crippen LogP contribution in [-0.4, -0.2) is 193 Å². The lowest BCUT2D eigenvalue weighted by molar-refractivity contribution is -0.379. The second kappa shape index (κ2) is 43.4. The topological polar surface area (TPSA) is 307 Å². The van der Waals surface area contributed by atoms with Gasteiger partial charge in [-0.15, -0.1) is 0 Å². The molecule has 0 aromatic heterocycles. The zero-order valence-corrected chi connectivity index (χ0v) is 47.8. The lowest BCUT2D eigenvalue weighted by Gasteiger charge is -2.48. The molecule has 17 unspecified atom stereocenters. The molecular weight excluding hydrogens is 1020 g/mol. The number of rotatable bonds is 44. The van der Waals surface area contributed by atoms with E-state index in [1.807, 2.05) is 6.08 Å². The number of aliphatic hydroxyl groups is 11. The van der Waals surface area contributed by atoms with Gasteiger partial charge in [0.05, 0.1) is 38.6 Å². The van der Waals surface area contributed by atoms with E-state index in [1.165, 1.54) is 103 Å². The summed E-state index contributed by atoms with van der Waals surface area (Å²) in [7, 11) is 0. The summed E-state index contributed by atoms with van der Waals surface area (Å²) in [5.41, 5.74) is 0. The van der Waals surface area contributed by atoms with Crippen LogP contribution in [0.1, 0.15) is 194 Å². The second-order valence-corrected chi connectivity index (χ2v) is 21.8. The monoisotopic (exact) mass is 1130 g/mol. The van der Waals surface area contributed by atoms with Crippen molar-refractivity contribution in [2.24, 2.45) is 0 Å². The molecule has 3 heterocycles. The van der Waals surface area contributed by atoms with Crippen molar-refractivity contribution in [2.75, 3.05) is 26.4 Å². The fourth-order valence-corrected chi connectivity index (χ4v) is 10.0. The van der Waals surface area contributed by atoms with Gasteiger partial charge in [0.15, 0.2) is 18.9 Å². The quantitative estimate of drug-likeness (QED) is 0.0265. The molecule has 0 saturated carbocycles. The number of aliphatic hydroxyl groups excluding tert-OH is 11. The summed E-state index contributed by atoms with van der Waals surface area (Å²) < 4.78 is 34.2. The average Bonchev–Trinajstić information content (AvgIpc) is 3.49. The van der Waals surface area contributed by atoms with Crippen LogP contribution in [0.2, 0.25) is 0 Å². The van der Waals surface area contributed by atoms with Gasteiger partial charge in [0.1, 0.15) is 73.2 Å². The maximum absolute atomic E-state index is 13.3. The van der Waals surface area contributed by atoms with E-state index in [0.717, 1.165) is 57.8 Å². The lowest BCUT2D eigenvalue weighted by Crippen LogP contribution is -2.66. The maximum Gasteiger partial charge on any atom is 0.220 e. The standard InChI is InChI=1S/C60H107NO18/c1-3-5-7-9-11-13-15-17-19-21-22-24-26-28-30-32-34-36-38-48(66)61-43(44(65)37-35-33-31-29-27-25-23-20-18-16-14-12-10-8-6-4-2)42-74-58-54(72)51(69)56(46(40-63)76-58)79-60-55(73)52(70)57(47(41-64)77-60)78-59-53(71)50(68)49(67)45(39-62)75-59/h18-21,27,29,35,37,43-47,49-60,62-65,67-73H,3-17,22-26,28,30-34,36,38-42H2,1-2H3,(H,61,66)/b20-18+,21-19-,29-27+,37-35+. The first-order valence-electron chi connectivity index (χ1n) is 30.4. The Morgan fingerprint density at radius 3 is 1.27 bits per heavy atom. The Labute approximate surface area is 472 Å². The van der Waals surface area contributed by atoms with E-state index in [2.05, 4.69) is 55.6 Å². The summed E-state index contributed by atoms with van der Waals surface area (Å²) in [4.78, 5) is 13.3. The van der Waals surface area contributed by atoms with Gasteiger partial charge in [0, 0.05) is 6.42 Å². The van der Waals surface area contributed by atoms with E-state index in [4.69, 9.17) is 28.4 Å². The summed E-state index contributed by atoms with van der Waals surface area (Å²) in [6.07, 6.45) is 20.9. The molecule has 1 amide bonds. The highest BCUT2D eigenvalue weighted by Gasteiger charge is 2.53. The molecule has 19 heteroatoms. The van der Waals surface area contributed by atoms with E-state index in [1.54, 1.807) is 6.08 Å². The van der Waals surface area contributed by atoms with Gasteiger partial charge in [-0.3, -0.25) is 4.79 Å². The van der Waals surface area contributed by atoms with E-state index < -0.39 is 124 Å². The normalized spacial score (nSPS) is 30.6. The van der Waals surface area contributed by atoms with E-state index in [0.29, 0.717) is 12.8 Å². The molecule has 0 bridgehead atoms. The number of unbranched alkanes of at least 4 members (excludes halogenated alkanes) is 22. The van der Waals surface area contributed by atoms with Crippen LogP contribution in [-0.2, 0) is 33.2 Å². The van der Waals surface area contributed by atoms with Gasteiger partial charge in [-0.2, -0.15) is 0 Å². The van der Waals surface area contributed by atoms with Crippen LogP contribution in [0.3, 0.4) is 0 Å². The molecule has 3 rings (SSSR count). The fourth-order valence-electron chi connectivity index (χ4n) is 10.0. The van der Waals surface area contributed by atoms with E-state index in [9.17, 15) is 61.0 Å². The van der Waals surface area contributed by atoms with Gasteiger partial charge in [-0.1, -0.05) is 165 Å². The van der Waals surface area contributed by atoms with Crippen molar-refractivity contribution >= 4 is 5.91 Å². The van der Waals surface area contributed by atoms with Crippen molar-refractivity contribution < 1.29 is 89.4 Å².